The summed E-state index contributed by atoms with van der Waals surface area (Å²) in [6.45, 7) is 5.46. The first kappa shape index (κ1) is 19.1. The maximum Gasteiger partial charge on any atom is 0.321 e. The molecule has 2 rings (SSSR count). The van der Waals surface area contributed by atoms with Gasteiger partial charge in [0.05, 0.1) is 5.75 Å². The number of aromatic nitrogens is 3. The molecule has 0 atom stereocenters. The third kappa shape index (κ3) is 5.64. The lowest BCUT2D eigenvalue weighted by molar-refractivity contribution is -0.117. The van der Waals surface area contributed by atoms with Gasteiger partial charge >= 0.3 is 6.03 Å². The molecule has 134 valence electrons. The molecule has 0 saturated heterocycles. The van der Waals surface area contributed by atoms with Crippen LogP contribution in [0.5, 0.6) is 0 Å². The van der Waals surface area contributed by atoms with Gasteiger partial charge in [0.25, 0.3) is 0 Å². The number of thioether (sulfide) groups is 1. The van der Waals surface area contributed by atoms with Crippen molar-refractivity contribution in [1.29, 1.82) is 0 Å². The van der Waals surface area contributed by atoms with Crippen LogP contribution in [0.2, 0.25) is 5.02 Å². The van der Waals surface area contributed by atoms with Crippen molar-refractivity contribution in [3.8, 4) is 11.4 Å². The maximum atomic E-state index is 11.8. The molecule has 4 N–H and O–H groups in total. The van der Waals surface area contributed by atoms with Crippen LogP contribution in [0.4, 0.5) is 4.79 Å². The highest BCUT2D eigenvalue weighted by Gasteiger charge is 2.17. The summed E-state index contributed by atoms with van der Waals surface area (Å²) in [7, 11) is 0. The summed E-state index contributed by atoms with van der Waals surface area (Å²) < 4.78 is 1.28. The van der Waals surface area contributed by atoms with E-state index in [9.17, 15) is 9.59 Å². The minimum absolute atomic E-state index is 0.0254. The fourth-order valence-electron chi connectivity index (χ4n) is 1.86. The zero-order valence-electron chi connectivity index (χ0n) is 14.0. The van der Waals surface area contributed by atoms with Gasteiger partial charge < -0.3 is 11.2 Å². The largest absolute Gasteiger partial charge is 0.335 e. The van der Waals surface area contributed by atoms with Crippen LogP contribution in [0.15, 0.2) is 29.4 Å². The van der Waals surface area contributed by atoms with Gasteiger partial charge in [0, 0.05) is 16.1 Å². The van der Waals surface area contributed by atoms with Crippen LogP contribution in [-0.2, 0) is 4.79 Å². The van der Waals surface area contributed by atoms with E-state index in [0.29, 0.717) is 21.6 Å². The monoisotopic (exact) mass is 382 g/mol. The van der Waals surface area contributed by atoms with E-state index in [2.05, 4.69) is 20.8 Å². The van der Waals surface area contributed by atoms with Crippen molar-refractivity contribution < 1.29 is 9.59 Å². The Bertz CT molecular complexity index is 787. The summed E-state index contributed by atoms with van der Waals surface area (Å²) in [4.78, 5) is 23.5. The van der Waals surface area contributed by atoms with Gasteiger partial charge in [0.1, 0.15) is 0 Å². The third-order valence-electron chi connectivity index (χ3n) is 2.82. The molecule has 2 aromatic rings. The van der Waals surface area contributed by atoms with E-state index in [0.717, 1.165) is 11.8 Å². The number of amides is 3. The van der Waals surface area contributed by atoms with E-state index in [-0.39, 0.29) is 5.75 Å². The number of nitrogen functional groups attached to an aromatic ring is 1. The number of imide groups is 1. The van der Waals surface area contributed by atoms with Crippen LogP contribution < -0.4 is 16.5 Å². The van der Waals surface area contributed by atoms with Gasteiger partial charge in [-0.3, -0.25) is 10.1 Å². The second-order valence-corrected chi connectivity index (χ2v) is 7.61. The zero-order chi connectivity index (χ0) is 18.6. The van der Waals surface area contributed by atoms with E-state index >= 15 is 0 Å². The van der Waals surface area contributed by atoms with Crippen molar-refractivity contribution >= 4 is 35.3 Å². The highest BCUT2D eigenvalue weighted by molar-refractivity contribution is 7.99. The Morgan fingerprint density at radius 3 is 2.68 bits per heavy atom. The molecule has 0 unspecified atom stereocenters. The van der Waals surface area contributed by atoms with Crippen LogP contribution in [0.3, 0.4) is 0 Å². The average Bonchev–Trinajstić information content (AvgIpc) is 2.84. The summed E-state index contributed by atoms with van der Waals surface area (Å²) in [6, 6.07) is 6.49. The van der Waals surface area contributed by atoms with Crippen LogP contribution >= 0.6 is 23.4 Å². The Morgan fingerprint density at radius 2 is 2.04 bits per heavy atom. The van der Waals surface area contributed by atoms with Gasteiger partial charge in [-0.1, -0.05) is 35.5 Å². The summed E-state index contributed by atoms with van der Waals surface area (Å²) in [5.41, 5.74) is 0.282. The Kier molecular flexibility index (Phi) is 5.91. The number of hydrogen-bond acceptors (Lipinski definition) is 6. The molecule has 3 amide bonds. The number of benzene rings is 1. The highest BCUT2D eigenvalue weighted by Crippen LogP contribution is 2.23. The van der Waals surface area contributed by atoms with E-state index in [4.69, 9.17) is 17.4 Å². The molecular formula is C15H19ClN6O2S. The maximum absolute atomic E-state index is 11.8. The van der Waals surface area contributed by atoms with Gasteiger partial charge in [-0.05, 0) is 32.9 Å². The minimum Gasteiger partial charge on any atom is -0.335 e. The molecule has 0 spiro atoms. The minimum atomic E-state index is -0.549. The lowest BCUT2D eigenvalue weighted by Crippen LogP contribution is -2.48. The molecule has 0 saturated carbocycles. The van der Waals surface area contributed by atoms with Gasteiger partial charge in [0.15, 0.2) is 5.82 Å². The van der Waals surface area contributed by atoms with Crippen molar-refractivity contribution in [2.45, 2.75) is 31.5 Å². The topological polar surface area (TPSA) is 115 Å². The molecule has 8 nitrogen and oxygen atoms in total. The predicted molar refractivity (Wildman–Crippen MR) is 97.8 cm³/mol. The van der Waals surface area contributed by atoms with Crippen LogP contribution in [0.25, 0.3) is 11.4 Å². The summed E-state index contributed by atoms with van der Waals surface area (Å²) in [5, 5.41) is 13.8. The lowest BCUT2D eigenvalue weighted by Gasteiger charge is -2.20. The van der Waals surface area contributed by atoms with Gasteiger partial charge in [0.2, 0.25) is 11.1 Å². The Hall–Kier alpha value is -2.26. The Morgan fingerprint density at radius 1 is 1.32 bits per heavy atom. The number of rotatable bonds is 4. The number of hydrogen-bond donors (Lipinski definition) is 3. The van der Waals surface area contributed by atoms with E-state index in [1.807, 2.05) is 20.8 Å². The standard InChI is InChI=1S/C15H19ClN6O2S/c1-15(2,3)19-13(24)18-11(23)8-25-14-21-20-12(22(14)17)9-5-4-6-10(16)7-9/h4-7H,8,17H2,1-3H3,(H2,18,19,23,24). The number of carbonyl (C=O) groups is 2. The van der Waals surface area contributed by atoms with Crippen molar-refractivity contribution in [3.63, 3.8) is 0 Å². The highest BCUT2D eigenvalue weighted by atomic mass is 35.5. The molecule has 1 aromatic carbocycles. The molecule has 0 fully saturated rings. The predicted octanol–water partition coefficient (Wildman–Crippen LogP) is 2.03. The summed E-state index contributed by atoms with van der Waals surface area (Å²) in [5.74, 6) is 5.92. The number of nitrogens with one attached hydrogen (secondary N) is 2. The fourth-order valence-corrected chi connectivity index (χ4v) is 2.71. The fraction of sp³-hybridized carbons (Fsp3) is 0.333. The number of urea groups is 1. The van der Waals surface area contributed by atoms with Gasteiger partial charge in [-0.15, -0.1) is 10.2 Å². The molecule has 0 aliphatic rings. The van der Waals surface area contributed by atoms with E-state index in [1.54, 1.807) is 24.3 Å². The molecule has 0 radical (unpaired) electrons. The average molecular weight is 383 g/mol. The van der Waals surface area contributed by atoms with Crippen LogP contribution in [-0.4, -0.2) is 38.1 Å². The zero-order valence-corrected chi connectivity index (χ0v) is 15.6. The smallest absolute Gasteiger partial charge is 0.321 e. The molecule has 0 aliphatic heterocycles. The number of nitrogens with zero attached hydrogens (tertiary/aromatic N) is 3. The van der Waals surface area contributed by atoms with Gasteiger partial charge in [-0.25, -0.2) is 9.47 Å². The Balaban J connectivity index is 1.96. The molecule has 1 aromatic heterocycles. The molecular weight excluding hydrogens is 364 g/mol. The van der Waals surface area contributed by atoms with Crippen molar-refractivity contribution in [3.05, 3.63) is 29.3 Å². The molecule has 10 heteroatoms. The van der Waals surface area contributed by atoms with E-state index in [1.165, 1.54) is 4.68 Å². The quantitative estimate of drug-likeness (QED) is 0.550. The molecule has 0 bridgehead atoms. The van der Waals surface area contributed by atoms with Crippen molar-refractivity contribution in [2.75, 3.05) is 11.6 Å². The molecule has 1 heterocycles. The first-order valence-electron chi connectivity index (χ1n) is 7.37. The van der Waals surface area contributed by atoms with Crippen molar-refractivity contribution in [2.24, 2.45) is 0 Å². The first-order valence-corrected chi connectivity index (χ1v) is 8.73. The van der Waals surface area contributed by atoms with Crippen molar-refractivity contribution in [1.82, 2.24) is 25.5 Å². The third-order valence-corrected chi connectivity index (χ3v) is 4.00. The first-order chi connectivity index (χ1) is 11.7. The summed E-state index contributed by atoms with van der Waals surface area (Å²) in [6.07, 6.45) is 0. The van der Waals surface area contributed by atoms with Crippen LogP contribution in [0.1, 0.15) is 20.8 Å². The Labute approximate surface area is 154 Å². The second kappa shape index (κ2) is 7.75. The van der Waals surface area contributed by atoms with Gasteiger partial charge in [-0.2, -0.15) is 0 Å². The number of nitrogens with two attached hydrogens (primary N) is 1. The number of carbonyl (C=O) groups excluding carboxylic acids is 2. The normalized spacial score (nSPS) is 11.2. The van der Waals surface area contributed by atoms with E-state index < -0.39 is 17.5 Å². The second-order valence-electron chi connectivity index (χ2n) is 6.23. The molecule has 0 aliphatic carbocycles. The lowest BCUT2D eigenvalue weighted by atomic mass is 10.1. The SMILES string of the molecule is CC(C)(C)NC(=O)NC(=O)CSc1nnc(-c2cccc(Cl)c2)n1N. The number of halogens is 1. The molecule has 25 heavy (non-hydrogen) atoms. The van der Waals surface area contributed by atoms with Crippen LogP contribution in [0, 0.1) is 0 Å². The summed E-state index contributed by atoms with van der Waals surface area (Å²) >= 11 is 7.03.